The van der Waals surface area contributed by atoms with Crippen LogP contribution in [0, 0.1) is 0 Å². The van der Waals surface area contributed by atoms with Crippen molar-refractivity contribution in [1.29, 1.82) is 0 Å². The van der Waals surface area contributed by atoms with Crippen LogP contribution >= 0.6 is 22.6 Å². The third-order valence-electron chi connectivity index (χ3n) is 3.68. The van der Waals surface area contributed by atoms with Crippen molar-refractivity contribution < 1.29 is 0 Å². The van der Waals surface area contributed by atoms with E-state index in [-0.39, 0.29) is 5.92 Å². The van der Waals surface area contributed by atoms with Crippen molar-refractivity contribution in [2.75, 3.05) is 0 Å². The third-order valence-corrected chi connectivity index (χ3v) is 4.66. The lowest BCUT2D eigenvalue weighted by Crippen LogP contribution is -1.98. The Labute approximate surface area is 145 Å². The summed E-state index contributed by atoms with van der Waals surface area (Å²) in [5, 5.41) is 0. The molecule has 3 aromatic carbocycles. The van der Waals surface area contributed by atoms with Gasteiger partial charge < -0.3 is 0 Å². The van der Waals surface area contributed by atoms with E-state index in [0.717, 1.165) is 0 Å². The second kappa shape index (κ2) is 7.41. The fraction of sp³-hybridized carbons (Fsp3) is 0.0476. The van der Waals surface area contributed by atoms with Gasteiger partial charge in [-0.25, -0.2) is 0 Å². The van der Waals surface area contributed by atoms with Crippen LogP contribution < -0.4 is 0 Å². The zero-order valence-electron chi connectivity index (χ0n) is 12.2. The van der Waals surface area contributed by atoms with E-state index >= 15 is 0 Å². The Balaban J connectivity index is 2.03. The van der Waals surface area contributed by atoms with E-state index in [9.17, 15) is 0 Å². The molecule has 0 saturated heterocycles. The van der Waals surface area contributed by atoms with Crippen LogP contribution in [-0.4, -0.2) is 0 Å². The summed E-state index contributed by atoms with van der Waals surface area (Å²) in [7, 11) is 0. The average molecular weight is 396 g/mol. The maximum absolute atomic E-state index is 2.44. The molecular formula is C21H17I. The lowest BCUT2D eigenvalue weighted by molar-refractivity contribution is 1.03. The first-order chi connectivity index (χ1) is 10.8. The van der Waals surface area contributed by atoms with E-state index in [1.165, 1.54) is 20.3 Å². The first-order valence-electron chi connectivity index (χ1n) is 7.37. The number of allylic oxidation sites excluding steroid dienone is 1. The fourth-order valence-corrected chi connectivity index (χ4v) is 3.26. The smallest absolute Gasteiger partial charge is 0.0282 e. The van der Waals surface area contributed by atoms with E-state index in [2.05, 4.69) is 120 Å². The van der Waals surface area contributed by atoms with E-state index in [4.69, 9.17) is 0 Å². The molecule has 1 heteroatoms. The third kappa shape index (κ3) is 3.66. The van der Waals surface area contributed by atoms with Gasteiger partial charge in [0.15, 0.2) is 0 Å². The van der Waals surface area contributed by atoms with E-state index in [1.54, 1.807) is 0 Å². The molecule has 0 fully saturated rings. The number of hydrogen-bond acceptors (Lipinski definition) is 0. The SMILES string of the molecule is I/C(=C/C(c1ccccc1)c1ccccc1)c1ccccc1. The van der Waals surface area contributed by atoms with Crippen LogP contribution in [-0.2, 0) is 0 Å². The Morgan fingerprint density at radius 1 is 0.636 bits per heavy atom. The van der Waals surface area contributed by atoms with Gasteiger partial charge in [0.05, 0.1) is 0 Å². The Morgan fingerprint density at radius 2 is 1.05 bits per heavy atom. The summed E-state index contributed by atoms with van der Waals surface area (Å²) >= 11 is 2.44. The van der Waals surface area contributed by atoms with Gasteiger partial charge in [0.25, 0.3) is 0 Å². The minimum absolute atomic E-state index is 0.273. The Bertz CT molecular complexity index is 691. The molecule has 0 unspecified atom stereocenters. The molecule has 0 aliphatic carbocycles. The van der Waals surface area contributed by atoms with Crippen molar-refractivity contribution in [2.24, 2.45) is 0 Å². The predicted octanol–water partition coefficient (Wildman–Crippen LogP) is 6.29. The highest BCUT2D eigenvalue weighted by atomic mass is 127. The van der Waals surface area contributed by atoms with E-state index < -0.39 is 0 Å². The summed E-state index contributed by atoms with van der Waals surface area (Å²) in [6, 6.07) is 31.9. The quantitative estimate of drug-likeness (QED) is 0.455. The number of hydrogen-bond donors (Lipinski definition) is 0. The van der Waals surface area contributed by atoms with Crippen LogP contribution in [0.5, 0.6) is 0 Å². The fourth-order valence-electron chi connectivity index (χ4n) is 2.55. The van der Waals surface area contributed by atoms with Gasteiger partial charge in [-0.1, -0.05) is 97.1 Å². The largest absolute Gasteiger partial charge is 0.0622 e. The molecule has 0 radical (unpaired) electrons. The first kappa shape index (κ1) is 15.0. The molecule has 0 aliphatic heterocycles. The zero-order chi connectivity index (χ0) is 15.2. The molecule has 0 aliphatic rings. The van der Waals surface area contributed by atoms with Crippen molar-refractivity contribution >= 4 is 26.2 Å². The van der Waals surface area contributed by atoms with Crippen LogP contribution in [0.2, 0.25) is 0 Å². The second-order valence-electron chi connectivity index (χ2n) is 5.18. The highest BCUT2D eigenvalue weighted by Gasteiger charge is 2.12. The second-order valence-corrected chi connectivity index (χ2v) is 6.34. The van der Waals surface area contributed by atoms with Gasteiger partial charge in [0.2, 0.25) is 0 Å². The van der Waals surface area contributed by atoms with Crippen LogP contribution in [0.3, 0.4) is 0 Å². The number of benzene rings is 3. The van der Waals surface area contributed by atoms with Gasteiger partial charge >= 0.3 is 0 Å². The van der Waals surface area contributed by atoms with Gasteiger partial charge in [-0.2, -0.15) is 0 Å². The highest BCUT2D eigenvalue weighted by molar-refractivity contribution is 14.1. The molecule has 0 amide bonds. The summed E-state index contributed by atoms with van der Waals surface area (Å²) in [6.07, 6.45) is 2.35. The van der Waals surface area contributed by atoms with E-state index in [0.29, 0.717) is 0 Å². The van der Waals surface area contributed by atoms with Gasteiger partial charge in [-0.15, -0.1) is 0 Å². The summed E-state index contributed by atoms with van der Waals surface area (Å²) in [6.45, 7) is 0. The normalized spacial score (nSPS) is 11.6. The maximum Gasteiger partial charge on any atom is 0.0282 e. The minimum atomic E-state index is 0.273. The first-order valence-corrected chi connectivity index (χ1v) is 8.45. The summed E-state index contributed by atoms with van der Waals surface area (Å²) in [4.78, 5) is 0. The number of rotatable bonds is 4. The monoisotopic (exact) mass is 396 g/mol. The maximum atomic E-state index is 2.44. The van der Waals surface area contributed by atoms with Crippen LogP contribution in [0.25, 0.3) is 3.58 Å². The molecule has 0 aromatic heterocycles. The molecule has 0 nitrogen and oxygen atoms in total. The molecule has 0 spiro atoms. The van der Waals surface area contributed by atoms with Crippen molar-refractivity contribution in [1.82, 2.24) is 0 Å². The van der Waals surface area contributed by atoms with Crippen molar-refractivity contribution in [3.05, 3.63) is 114 Å². The molecule has 0 atom stereocenters. The van der Waals surface area contributed by atoms with Gasteiger partial charge in [-0.05, 0) is 39.3 Å². The Kier molecular flexibility index (Phi) is 5.07. The molecule has 108 valence electrons. The molecule has 0 N–H and O–H groups in total. The predicted molar refractivity (Wildman–Crippen MR) is 103 cm³/mol. The van der Waals surface area contributed by atoms with Gasteiger partial charge in [-0.3, -0.25) is 0 Å². The molecule has 3 aromatic rings. The summed E-state index contributed by atoms with van der Waals surface area (Å²) in [5.41, 5.74) is 3.90. The molecule has 0 heterocycles. The molecular weight excluding hydrogens is 379 g/mol. The molecule has 0 bridgehead atoms. The van der Waals surface area contributed by atoms with Crippen LogP contribution in [0.4, 0.5) is 0 Å². The topological polar surface area (TPSA) is 0 Å². The summed E-state index contributed by atoms with van der Waals surface area (Å²) < 4.78 is 1.27. The van der Waals surface area contributed by atoms with Crippen LogP contribution in [0.1, 0.15) is 22.6 Å². The van der Waals surface area contributed by atoms with Crippen LogP contribution in [0.15, 0.2) is 97.1 Å². The highest BCUT2D eigenvalue weighted by Crippen LogP contribution is 2.32. The molecule has 0 saturated carbocycles. The zero-order valence-corrected chi connectivity index (χ0v) is 14.4. The lowest BCUT2D eigenvalue weighted by atomic mass is 9.90. The standard InChI is InChI=1S/C21H17I/c22-21(19-14-8-3-9-15-19)16-20(17-10-4-1-5-11-17)18-12-6-2-7-13-18/h1-16,20H/b21-16+. The van der Waals surface area contributed by atoms with Crippen molar-refractivity contribution in [2.45, 2.75) is 5.92 Å². The van der Waals surface area contributed by atoms with Crippen molar-refractivity contribution in [3.8, 4) is 0 Å². The van der Waals surface area contributed by atoms with Gasteiger partial charge in [0.1, 0.15) is 0 Å². The Morgan fingerprint density at radius 3 is 1.50 bits per heavy atom. The number of halogens is 1. The lowest BCUT2D eigenvalue weighted by Gasteiger charge is -2.15. The van der Waals surface area contributed by atoms with E-state index in [1.807, 2.05) is 0 Å². The Hall–Kier alpha value is -1.87. The van der Waals surface area contributed by atoms with Gasteiger partial charge in [0, 0.05) is 9.50 Å². The summed E-state index contributed by atoms with van der Waals surface area (Å²) in [5.74, 6) is 0.273. The minimum Gasteiger partial charge on any atom is -0.0622 e. The molecule has 22 heavy (non-hydrogen) atoms. The molecule has 3 rings (SSSR count). The average Bonchev–Trinajstić information content (AvgIpc) is 2.62. The van der Waals surface area contributed by atoms with Crippen molar-refractivity contribution in [3.63, 3.8) is 0 Å².